The summed E-state index contributed by atoms with van der Waals surface area (Å²) < 4.78 is 30.9. The SMILES string of the molecule is CCOc1cc(C=NNC(=O)C(=O)Nc2sc3c(c2C(=O)OC)CCC3)cc(Br)c1OCc1ccccc1F. The van der Waals surface area contributed by atoms with Gasteiger partial charge in [0.05, 0.1) is 30.0 Å². The van der Waals surface area contributed by atoms with Crippen molar-refractivity contribution < 1.29 is 33.0 Å². The molecule has 0 saturated heterocycles. The largest absolute Gasteiger partial charge is 0.490 e. The van der Waals surface area contributed by atoms with Crippen LogP contribution in [0.25, 0.3) is 0 Å². The highest BCUT2D eigenvalue weighted by Crippen LogP contribution is 2.39. The van der Waals surface area contributed by atoms with Gasteiger partial charge in [-0.05, 0) is 71.4 Å². The number of carbonyl (C=O) groups is 3. The van der Waals surface area contributed by atoms with Crippen molar-refractivity contribution in [2.45, 2.75) is 32.8 Å². The Kier molecular flexibility index (Phi) is 9.31. The van der Waals surface area contributed by atoms with Gasteiger partial charge in [-0.25, -0.2) is 14.6 Å². The minimum absolute atomic E-state index is 0.00509. The third-order valence-corrected chi connectivity index (χ3v) is 7.58. The Morgan fingerprint density at radius 1 is 1.15 bits per heavy atom. The highest BCUT2D eigenvalue weighted by molar-refractivity contribution is 9.10. The van der Waals surface area contributed by atoms with E-state index in [1.807, 2.05) is 6.92 Å². The molecule has 2 amide bonds. The van der Waals surface area contributed by atoms with Crippen molar-refractivity contribution in [2.24, 2.45) is 5.10 Å². The number of aryl methyl sites for hydroxylation is 1. The summed E-state index contributed by atoms with van der Waals surface area (Å²) in [5.41, 5.74) is 4.26. The number of ether oxygens (including phenoxy) is 3. The number of carbonyl (C=O) groups excluding carboxylic acids is 3. The first-order chi connectivity index (χ1) is 18.8. The second kappa shape index (κ2) is 12.9. The molecule has 0 fully saturated rings. The Balaban J connectivity index is 1.42. The van der Waals surface area contributed by atoms with Gasteiger partial charge in [0.2, 0.25) is 0 Å². The van der Waals surface area contributed by atoms with Crippen molar-refractivity contribution in [1.29, 1.82) is 0 Å². The first kappa shape index (κ1) is 28.2. The summed E-state index contributed by atoms with van der Waals surface area (Å²) in [6.45, 7) is 2.15. The molecule has 0 spiro atoms. The molecule has 1 aliphatic carbocycles. The Hall–Kier alpha value is -3.77. The van der Waals surface area contributed by atoms with Gasteiger partial charge < -0.3 is 19.5 Å². The number of thiophene rings is 1. The van der Waals surface area contributed by atoms with Gasteiger partial charge in [-0.3, -0.25) is 9.59 Å². The lowest BCUT2D eigenvalue weighted by Crippen LogP contribution is -2.32. The summed E-state index contributed by atoms with van der Waals surface area (Å²) in [7, 11) is 1.27. The molecular formula is C27H25BrFN3O6S. The second-order valence-electron chi connectivity index (χ2n) is 8.35. The Morgan fingerprint density at radius 3 is 2.69 bits per heavy atom. The van der Waals surface area contributed by atoms with Crippen LogP contribution in [0.1, 0.15) is 45.3 Å². The molecule has 1 aromatic heterocycles. The zero-order chi connectivity index (χ0) is 27.9. The van der Waals surface area contributed by atoms with Crippen LogP contribution in [0.3, 0.4) is 0 Å². The zero-order valence-electron chi connectivity index (χ0n) is 21.1. The number of hydrogen-bond acceptors (Lipinski definition) is 8. The van der Waals surface area contributed by atoms with Gasteiger partial charge in [0, 0.05) is 10.4 Å². The van der Waals surface area contributed by atoms with Gasteiger partial charge in [-0.15, -0.1) is 11.3 Å². The Morgan fingerprint density at radius 2 is 1.95 bits per heavy atom. The van der Waals surface area contributed by atoms with Gasteiger partial charge in [-0.1, -0.05) is 18.2 Å². The maximum absolute atomic E-state index is 14.0. The van der Waals surface area contributed by atoms with Crippen LogP contribution in [-0.4, -0.2) is 37.7 Å². The molecule has 1 heterocycles. The number of hydrazone groups is 1. The summed E-state index contributed by atoms with van der Waals surface area (Å²) in [4.78, 5) is 38.1. The van der Waals surface area contributed by atoms with Gasteiger partial charge in [0.25, 0.3) is 0 Å². The van der Waals surface area contributed by atoms with E-state index in [1.54, 1.807) is 30.3 Å². The van der Waals surface area contributed by atoms with Crippen molar-refractivity contribution in [1.82, 2.24) is 5.43 Å². The van der Waals surface area contributed by atoms with Crippen molar-refractivity contribution in [3.63, 3.8) is 0 Å². The second-order valence-corrected chi connectivity index (χ2v) is 10.3. The molecule has 39 heavy (non-hydrogen) atoms. The number of nitrogens with one attached hydrogen (secondary N) is 2. The third-order valence-electron chi connectivity index (χ3n) is 5.79. The average molecular weight is 618 g/mol. The lowest BCUT2D eigenvalue weighted by atomic mass is 10.1. The Bertz CT molecular complexity index is 1440. The van der Waals surface area contributed by atoms with E-state index in [0.717, 1.165) is 29.7 Å². The first-order valence-electron chi connectivity index (χ1n) is 12.0. The van der Waals surface area contributed by atoms with E-state index >= 15 is 0 Å². The molecule has 3 aromatic rings. The summed E-state index contributed by atoms with van der Waals surface area (Å²) in [6, 6.07) is 9.62. The van der Waals surface area contributed by atoms with Crippen LogP contribution < -0.4 is 20.2 Å². The minimum Gasteiger partial charge on any atom is -0.490 e. The molecule has 2 N–H and O–H groups in total. The lowest BCUT2D eigenvalue weighted by Gasteiger charge is -2.15. The van der Waals surface area contributed by atoms with Crippen molar-refractivity contribution in [3.05, 3.63) is 73.8 Å². The van der Waals surface area contributed by atoms with Gasteiger partial charge in [0.1, 0.15) is 17.4 Å². The van der Waals surface area contributed by atoms with E-state index in [4.69, 9.17) is 14.2 Å². The molecule has 4 rings (SSSR count). The number of halogens is 2. The van der Waals surface area contributed by atoms with Crippen LogP contribution in [0.4, 0.5) is 9.39 Å². The van der Waals surface area contributed by atoms with Crippen LogP contribution in [0.2, 0.25) is 0 Å². The fraction of sp³-hybridized carbons (Fsp3) is 0.259. The van der Waals surface area contributed by atoms with E-state index in [2.05, 4.69) is 31.8 Å². The molecule has 204 valence electrons. The minimum atomic E-state index is -1.01. The molecule has 0 bridgehead atoms. The molecular weight excluding hydrogens is 593 g/mol. The number of benzene rings is 2. The number of amides is 2. The summed E-state index contributed by atoms with van der Waals surface area (Å²) in [5.74, 6) is -2.14. The highest BCUT2D eigenvalue weighted by Gasteiger charge is 2.29. The molecule has 9 nitrogen and oxygen atoms in total. The highest BCUT2D eigenvalue weighted by atomic mass is 79.9. The van der Waals surface area contributed by atoms with Gasteiger partial charge >= 0.3 is 17.8 Å². The molecule has 0 unspecified atom stereocenters. The maximum atomic E-state index is 14.0. The number of methoxy groups -OCH3 is 1. The third kappa shape index (κ3) is 6.63. The molecule has 0 saturated carbocycles. The van der Waals surface area contributed by atoms with Gasteiger partial charge in [0.15, 0.2) is 11.5 Å². The van der Waals surface area contributed by atoms with Crippen molar-refractivity contribution >= 4 is 56.3 Å². The van der Waals surface area contributed by atoms with E-state index < -0.39 is 17.8 Å². The number of rotatable bonds is 9. The van der Waals surface area contributed by atoms with E-state index in [-0.39, 0.29) is 17.4 Å². The molecule has 2 aromatic carbocycles. The molecule has 1 aliphatic rings. The smallest absolute Gasteiger partial charge is 0.341 e. The monoisotopic (exact) mass is 617 g/mol. The number of anilines is 1. The average Bonchev–Trinajstić information content (AvgIpc) is 3.50. The fourth-order valence-corrected chi connectivity index (χ4v) is 5.86. The number of nitrogens with zero attached hydrogens (tertiary/aromatic N) is 1. The van der Waals surface area contributed by atoms with E-state index in [9.17, 15) is 18.8 Å². The van der Waals surface area contributed by atoms with Crippen LogP contribution in [0, 0.1) is 5.82 Å². The lowest BCUT2D eigenvalue weighted by molar-refractivity contribution is -0.136. The van der Waals surface area contributed by atoms with Gasteiger partial charge in [-0.2, -0.15) is 5.10 Å². The van der Waals surface area contributed by atoms with E-state index in [1.165, 1.54) is 30.7 Å². The number of hydrogen-bond donors (Lipinski definition) is 2. The predicted octanol–water partition coefficient (Wildman–Crippen LogP) is 4.99. The molecule has 12 heteroatoms. The normalized spacial score (nSPS) is 12.2. The Labute approximate surface area is 236 Å². The first-order valence-corrected chi connectivity index (χ1v) is 13.6. The topological polar surface area (TPSA) is 115 Å². The number of esters is 1. The van der Waals surface area contributed by atoms with Crippen molar-refractivity contribution in [2.75, 3.05) is 19.0 Å². The van der Waals surface area contributed by atoms with Crippen LogP contribution in [0.5, 0.6) is 11.5 Å². The summed E-state index contributed by atoms with van der Waals surface area (Å²) in [5, 5.41) is 6.65. The van der Waals surface area contributed by atoms with Crippen molar-refractivity contribution in [3.8, 4) is 11.5 Å². The van der Waals surface area contributed by atoms with Crippen LogP contribution >= 0.6 is 27.3 Å². The van der Waals surface area contributed by atoms with Crippen LogP contribution in [0.15, 0.2) is 46.0 Å². The molecule has 0 radical (unpaired) electrons. The fourth-order valence-electron chi connectivity index (χ4n) is 4.02. The number of fused-ring (bicyclic) bond motifs is 1. The standard InChI is InChI=1S/C27H25BrFN3O6S/c1-3-37-20-12-15(11-18(28)23(20)38-14-16-7-4-5-9-19(16)29)13-30-32-25(34)24(33)31-26-22(27(35)36-2)17-8-6-10-21(17)39-26/h4-5,7,9,11-13H,3,6,8,10,14H2,1-2H3,(H,31,33)(H,32,34). The molecule has 0 aliphatic heterocycles. The summed E-state index contributed by atoms with van der Waals surface area (Å²) in [6.07, 6.45) is 3.78. The van der Waals surface area contributed by atoms with Crippen LogP contribution in [-0.2, 0) is 33.8 Å². The maximum Gasteiger partial charge on any atom is 0.341 e. The predicted molar refractivity (Wildman–Crippen MR) is 148 cm³/mol. The summed E-state index contributed by atoms with van der Waals surface area (Å²) >= 11 is 4.70. The quantitative estimate of drug-likeness (QED) is 0.151. The zero-order valence-corrected chi connectivity index (χ0v) is 23.5. The van der Waals surface area contributed by atoms with E-state index in [0.29, 0.717) is 39.3 Å². The molecule has 0 atom stereocenters.